The minimum atomic E-state index is 0.167. The first-order valence-corrected chi connectivity index (χ1v) is 5.27. The van der Waals surface area contributed by atoms with Crippen molar-refractivity contribution in [2.45, 2.75) is 33.7 Å². The number of nitrogens with zero attached hydrogens (tertiary/aromatic N) is 1. The van der Waals surface area contributed by atoms with Gasteiger partial charge in [-0.2, -0.15) is 5.10 Å². The molecule has 1 aliphatic carbocycles. The van der Waals surface area contributed by atoms with E-state index in [1.165, 1.54) is 0 Å². The lowest BCUT2D eigenvalue weighted by Crippen LogP contribution is -2.26. The second kappa shape index (κ2) is 3.36. The quantitative estimate of drug-likeness (QED) is 0.786. The number of hydrogen-bond acceptors (Lipinski definition) is 2. The van der Waals surface area contributed by atoms with E-state index >= 15 is 0 Å². The Balaban J connectivity index is 1.85. The molecule has 0 bridgehead atoms. The van der Waals surface area contributed by atoms with Gasteiger partial charge in [-0.1, -0.05) is 13.8 Å². The van der Waals surface area contributed by atoms with Gasteiger partial charge in [0.05, 0.1) is 6.20 Å². The fraction of sp³-hybridized carbons (Fsp3) is 0.636. The van der Waals surface area contributed by atoms with Crippen molar-refractivity contribution in [1.29, 1.82) is 0 Å². The Kier molecular flexibility index (Phi) is 2.29. The summed E-state index contributed by atoms with van der Waals surface area (Å²) in [4.78, 5) is 11.7. The van der Waals surface area contributed by atoms with Crippen LogP contribution in [-0.4, -0.2) is 16.1 Å². The Morgan fingerprint density at radius 1 is 1.73 bits per heavy atom. The predicted octanol–water partition coefficient (Wildman–Crippen LogP) is 1.38. The number of aryl methyl sites for hydroxylation is 1. The van der Waals surface area contributed by atoms with Gasteiger partial charge in [-0.05, 0) is 18.8 Å². The molecule has 1 amide bonds. The maximum absolute atomic E-state index is 11.7. The van der Waals surface area contributed by atoms with Gasteiger partial charge in [0.25, 0.3) is 0 Å². The summed E-state index contributed by atoms with van der Waals surface area (Å²) in [7, 11) is 0. The van der Waals surface area contributed by atoms with Crippen LogP contribution in [0.5, 0.6) is 0 Å². The minimum Gasteiger partial charge on any atom is -0.352 e. The highest BCUT2D eigenvalue weighted by atomic mass is 16.2. The molecular formula is C11H17N3O. The van der Waals surface area contributed by atoms with Crippen LogP contribution in [0.4, 0.5) is 0 Å². The zero-order chi connectivity index (χ0) is 11.1. The number of hydrogen-bond donors (Lipinski definition) is 2. The second-order valence-electron chi connectivity index (χ2n) is 4.98. The molecule has 0 radical (unpaired) electrons. The van der Waals surface area contributed by atoms with Crippen molar-refractivity contribution < 1.29 is 4.79 Å². The summed E-state index contributed by atoms with van der Waals surface area (Å²) >= 11 is 0. The summed E-state index contributed by atoms with van der Waals surface area (Å²) in [6, 6.07) is 0. The van der Waals surface area contributed by atoms with Crippen LogP contribution in [0.2, 0.25) is 0 Å². The number of rotatable bonds is 3. The molecule has 82 valence electrons. The van der Waals surface area contributed by atoms with E-state index in [2.05, 4.69) is 29.4 Å². The zero-order valence-corrected chi connectivity index (χ0v) is 9.42. The van der Waals surface area contributed by atoms with Crippen molar-refractivity contribution in [1.82, 2.24) is 15.5 Å². The van der Waals surface area contributed by atoms with Gasteiger partial charge in [0.1, 0.15) is 0 Å². The minimum absolute atomic E-state index is 0.167. The maximum atomic E-state index is 11.7. The summed E-state index contributed by atoms with van der Waals surface area (Å²) in [5, 5.41) is 9.71. The van der Waals surface area contributed by atoms with Crippen molar-refractivity contribution >= 4 is 5.91 Å². The molecule has 1 saturated carbocycles. The molecule has 1 aliphatic rings. The van der Waals surface area contributed by atoms with Crippen molar-refractivity contribution in [2.24, 2.45) is 11.3 Å². The summed E-state index contributed by atoms with van der Waals surface area (Å²) in [6.07, 6.45) is 2.76. The monoisotopic (exact) mass is 207 g/mol. The Morgan fingerprint density at radius 2 is 2.40 bits per heavy atom. The highest BCUT2D eigenvalue weighted by molar-refractivity contribution is 5.82. The maximum Gasteiger partial charge on any atom is 0.223 e. The van der Waals surface area contributed by atoms with Crippen LogP contribution in [0.3, 0.4) is 0 Å². The average Bonchev–Trinajstić information content (AvgIpc) is 2.61. The van der Waals surface area contributed by atoms with Crippen LogP contribution in [0.1, 0.15) is 31.5 Å². The number of H-pyrrole nitrogens is 1. The SMILES string of the molecule is Cc1[nH]ncc1CNC(=O)[C@H]1CC1(C)C. The van der Waals surface area contributed by atoms with Gasteiger partial charge in [0, 0.05) is 23.7 Å². The smallest absolute Gasteiger partial charge is 0.223 e. The predicted molar refractivity (Wildman–Crippen MR) is 57.1 cm³/mol. The van der Waals surface area contributed by atoms with Gasteiger partial charge in [-0.3, -0.25) is 9.89 Å². The largest absolute Gasteiger partial charge is 0.352 e. The van der Waals surface area contributed by atoms with Crippen LogP contribution < -0.4 is 5.32 Å². The molecule has 1 heterocycles. The van der Waals surface area contributed by atoms with Gasteiger partial charge < -0.3 is 5.32 Å². The molecule has 0 unspecified atom stereocenters. The third-order valence-corrected chi connectivity index (χ3v) is 3.22. The number of nitrogens with one attached hydrogen (secondary N) is 2. The van der Waals surface area contributed by atoms with Gasteiger partial charge in [0.2, 0.25) is 5.91 Å². The highest BCUT2D eigenvalue weighted by Crippen LogP contribution is 2.51. The van der Waals surface area contributed by atoms with E-state index in [0.717, 1.165) is 17.7 Å². The fourth-order valence-electron chi connectivity index (χ4n) is 1.77. The molecule has 0 saturated heterocycles. The Labute approximate surface area is 89.5 Å². The number of carbonyl (C=O) groups excluding carboxylic acids is 1. The van der Waals surface area contributed by atoms with Crippen molar-refractivity contribution in [2.75, 3.05) is 0 Å². The van der Waals surface area contributed by atoms with E-state index in [0.29, 0.717) is 6.54 Å². The van der Waals surface area contributed by atoms with E-state index in [1.54, 1.807) is 6.20 Å². The second-order valence-corrected chi connectivity index (χ2v) is 4.98. The molecule has 1 aromatic heterocycles. The number of carbonyl (C=O) groups is 1. The molecule has 1 aromatic rings. The Morgan fingerprint density at radius 3 is 2.87 bits per heavy atom. The van der Waals surface area contributed by atoms with Crippen LogP contribution in [0, 0.1) is 18.3 Å². The molecule has 2 rings (SSSR count). The lowest BCUT2D eigenvalue weighted by atomic mass is 10.1. The third-order valence-electron chi connectivity index (χ3n) is 3.22. The van der Waals surface area contributed by atoms with Crippen molar-refractivity contribution in [3.63, 3.8) is 0 Å². The standard InChI is InChI=1S/C11H17N3O/c1-7-8(6-13-14-7)5-12-10(15)9-4-11(9,2)3/h6,9H,4-5H2,1-3H3,(H,12,15)(H,13,14)/t9-/m1/s1. The first-order chi connectivity index (χ1) is 7.00. The summed E-state index contributed by atoms with van der Waals surface area (Å²) in [5.41, 5.74) is 2.28. The lowest BCUT2D eigenvalue weighted by molar-refractivity contribution is -0.123. The van der Waals surface area contributed by atoms with E-state index in [4.69, 9.17) is 0 Å². The van der Waals surface area contributed by atoms with E-state index in [9.17, 15) is 4.79 Å². The summed E-state index contributed by atoms with van der Waals surface area (Å²) < 4.78 is 0. The molecule has 1 fully saturated rings. The topological polar surface area (TPSA) is 57.8 Å². The molecule has 0 aliphatic heterocycles. The van der Waals surface area contributed by atoms with E-state index < -0.39 is 0 Å². The van der Waals surface area contributed by atoms with Crippen LogP contribution in [0.25, 0.3) is 0 Å². The number of aromatic amines is 1. The zero-order valence-electron chi connectivity index (χ0n) is 9.42. The van der Waals surface area contributed by atoms with E-state index in [1.807, 2.05) is 6.92 Å². The van der Waals surface area contributed by atoms with Crippen LogP contribution >= 0.6 is 0 Å². The molecule has 1 atom stereocenters. The molecule has 0 spiro atoms. The molecule has 0 aromatic carbocycles. The normalized spacial score (nSPS) is 22.5. The lowest BCUT2D eigenvalue weighted by Gasteiger charge is -2.05. The first-order valence-electron chi connectivity index (χ1n) is 5.27. The summed E-state index contributed by atoms with van der Waals surface area (Å²) in [5.74, 6) is 0.366. The molecule has 2 N–H and O–H groups in total. The molecule has 15 heavy (non-hydrogen) atoms. The highest BCUT2D eigenvalue weighted by Gasteiger charge is 2.50. The Bertz CT molecular complexity index is 381. The van der Waals surface area contributed by atoms with Crippen LogP contribution in [0.15, 0.2) is 6.20 Å². The average molecular weight is 207 g/mol. The first kappa shape index (κ1) is 10.2. The number of aromatic nitrogens is 2. The fourth-order valence-corrected chi connectivity index (χ4v) is 1.77. The number of amides is 1. The van der Waals surface area contributed by atoms with E-state index in [-0.39, 0.29) is 17.2 Å². The molecule has 4 heteroatoms. The van der Waals surface area contributed by atoms with Gasteiger partial charge in [0.15, 0.2) is 0 Å². The third kappa shape index (κ3) is 2.03. The van der Waals surface area contributed by atoms with Crippen molar-refractivity contribution in [3.8, 4) is 0 Å². The van der Waals surface area contributed by atoms with Gasteiger partial charge in [-0.25, -0.2) is 0 Å². The Hall–Kier alpha value is -1.32. The molecule has 4 nitrogen and oxygen atoms in total. The molecular weight excluding hydrogens is 190 g/mol. The summed E-state index contributed by atoms with van der Waals surface area (Å²) in [6.45, 7) is 6.78. The van der Waals surface area contributed by atoms with Crippen LogP contribution in [-0.2, 0) is 11.3 Å². The van der Waals surface area contributed by atoms with Gasteiger partial charge >= 0.3 is 0 Å². The van der Waals surface area contributed by atoms with Crippen molar-refractivity contribution in [3.05, 3.63) is 17.5 Å². The van der Waals surface area contributed by atoms with Gasteiger partial charge in [-0.15, -0.1) is 0 Å².